The Kier molecular flexibility index (Phi) is 6.92. The maximum atomic E-state index is 12.4. The Morgan fingerprint density at radius 3 is 2.27 bits per heavy atom. The first kappa shape index (κ1) is 19.2. The van der Waals surface area contributed by atoms with Crippen LogP contribution in [0.5, 0.6) is 0 Å². The van der Waals surface area contributed by atoms with E-state index in [0.717, 1.165) is 5.56 Å². The molecule has 2 rings (SSSR count). The van der Waals surface area contributed by atoms with Crippen LogP contribution >= 0.6 is 0 Å². The number of carbonyl (C=O) groups is 2. The van der Waals surface area contributed by atoms with Crippen molar-refractivity contribution in [2.24, 2.45) is 0 Å². The Bertz CT molecular complexity index is 791. The van der Waals surface area contributed by atoms with Crippen molar-refractivity contribution in [2.45, 2.75) is 19.8 Å². The lowest BCUT2D eigenvalue weighted by Crippen LogP contribution is -2.34. The Morgan fingerprint density at radius 2 is 1.69 bits per heavy atom. The van der Waals surface area contributed by atoms with Crippen molar-refractivity contribution in [3.05, 3.63) is 89.6 Å². The average molecular weight is 348 g/mol. The van der Waals surface area contributed by atoms with Gasteiger partial charge in [0.25, 0.3) is 11.8 Å². The second-order valence-corrected chi connectivity index (χ2v) is 6.20. The largest absolute Gasteiger partial charge is 0.347 e. The predicted molar refractivity (Wildman–Crippen MR) is 106 cm³/mol. The van der Waals surface area contributed by atoms with E-state index in [2.05, 4.69) is 31.1 Å². The van der Waals surface area contributed by atoms with Crippen LogP contribution in [0.25, 0.3) is 6.08 Å². The van der Waals surface area contributed by atoms with Crippen LogP contribution in [0.1, 0.15) is 41.3 Å². The maximum absolute atomic E-state index is 12.4. The molecule has 0 aliphatic carbocycles. The molecule has 4 nitrogen and oxygen atoms in total. The van der Waals surface area contributed by atoms with Gasteiger partial charge < -0.3 is 10.6 Å². The summed E-state index contributed by atoms with van der Waals surface area (Å²) < 4.78 is 0. The lowest BCUT2D eigenvalue weighted by molar-refractivity contribution is -0.117. The van der Waals surface area contributed by atoms with Gasteiger partial charge in [0.15, 0.2) is 0 Å². The maximum Gasteiger partial charge on any atom is 0.268 e. The van der Waals surface area contributed by atoms with Crippen molar-refractivity contribution < 1.29 is 9.59 Å². The fourth-order valence-corrected chi connectivity index (χ4v) is 2.35. The first-order valence-corrected chi connectivity index (χ1v) is 8.58. The van der Waals surface area contributed by atoms with Gasteiger partial charge in [-0.25, -0.2) is 0 Å². The van der Waals surface area contributed by atoms with Crippen molar-refractivity contribution in [2.75, 3.05) is 6.54 Å². The Labute approximate surface area is 154 Å². The Hall–Kier alpha value is -3.14. The molecule has 0 bridgehead atoms. The van der Waals surface area contributed by atoms with E-state index in [1.165, 1.54) is 5.56 Å². The van der Waals surface area contributed by atoms with E-state index >= 15 is 0 Å². The molecule has 134 valence electrons. The number of amides is 2. The van der Waals surface area contributed by atoms with Gasteiger partial charge in [-0.1, -0.05) is 62.4 Å². The normalized spacial score (nSPS) is 11.1. The van der Waals surface area contributed by atoms with Crippen LogP contribution in [-0.2, 0) is 4.79 Å². The second-order valence-electron chi connectivity index (χ2n) is 6.20. The molecule has 0 aliphatic heterocycles. The summed E-state index contributed by atoms with van der Waals surface area (Å²) in [5.74, 6) is -0.257. The predicted octanol–water partition coefficient (Wildman–Crippen LogP) is 3.88. The minimum atomic E-state index is -0.359. The molecule has 26 heavy (non-hydrogen) atoms. The third kappa shape index (κ3) is 5.45. The highest BCUT2D eigenvalue weighted by molar-refractivity contribution is 6.05. The minimum Gasteiger partial charge on any atom is -0.347 e. The third-order valence-corrected chi connectivity index (χ3v) is 3.85. The highest BCUT2D eigenvalue weighted by atomic mass is 16.2. The second kappa shape index (κ2) is 9.37. The van der Waals surface area contributed by atoms with Crippen molar-refractivity contribution in [3.63, 3.8) is 0 Å². The zero-order valence-corrected chi connectivity index (χ0v) is 15.2. The molecular weight excluding hydrogens is 324 g/mol. The van der Waals surface area contributed by atoms with E-state index in [9.17, 15) is 9.59 Å². The van der Waals surface area contributed by atoms with Crippen LogP contribution in [0, 0.1) is 0 Å². The van der Waals surface area contributed by atoms with Crippen LogP contribution in [0.15, 0.2) is 72.9 Å². The molecule has 0 heterocycles. The Balaban J connectivity index is 2.26. The molecule has 0 saturated heterocycles. The van der Waals surface area contributed by atoms with Gasteiger partial charge in [-0.3, -0.25) is 9.59 Å². The third-order valence-electron chi connectivity index (χ3n) is 3.85. The average Bonchev–Trinajstić information content (AvgIpc) is 2.66. The summed E-state index contributed by atoms with van der Waals surface area (Å²) >= 11 is 0. The summed E-state index contributed by atoms with van der Waals surface area (Å²) in [6.45, 7) is 8.16. The van der Waals surface area contributed by atoms with Gasteiger partial charge in [0.05, 0.1) is 0 Å². The first-order valence-electron chi connectivity index (χ1n) is 8.58. The first-order chi connectivity index (χ1) is 12.5. The monoisotopic (exact) mass is 348 g/mol. The van der Waals surface area contributed by atoms with Crippen molar-refractivity contribution in [1.82, 2.24) is 10.6 Å². The number of nitrogens with one attached hydrogen (secondary N) is 2. The number of hydrogen-bond donors (Lipinski definition) is 2. The lowest BCUT2D eigenvalue weighted by atomic mass is 10.0. The summed E-state index contributed by atoms with van der Waals surface area (Å²) in [7, 11) is 0. The van der Waals surface area contributed by atoms with Gasteiger partial charge in [-0.05, 0) is 35.3 Å². The van der Waals surface area contributed by atoms with E-state index in [1.54, 1.807) is 36.4 Å². The molecule has 0 fully saturated rings. The minimum absolute atomic E-state index is 0.193. The number of rotatable bonds is 7. The molecule has 2 amide bonds. The molecule has 2 aromatic carbocycles. The summed E-state index contributed by atoms with van der Waals surface area (Å²) in [6, 6.07) is 16.7. The summed E-state index contributed by atoms with van der Waals surface area (Å²) in [4.78, 5) is 24.8. The highest BCUT2D eigenvalue weighted by Crippen LogP contribution is 2.16. The number of benzene rings is 2. The zero-order valence-electron chi connectivity index (χ0n) is 15.2. The Morgan fingerprint density at radius 1 is 1.04 bits per heavy atom. The van der Waals surface area contributed by atoms with Crippen molar-refractivity contribution >= 4 is 17.9 Å². The molecule has 0 spiro atoms. The van der Waals surface area contributed by atoms with Gasteiger partial charge in [0.2, 0.25) is 0 Å². The lowest BCUT2D eigenvalue weighted by Gasteiger charge is -2.11. The highest BCUT2D eigenvalue weighted by Gasteiger charge is 2.14. The van der Waals surface area contributed by atoms with Gasteiger partial charge in [-0.15, -0.1) is 6.58 Å². The fourth-order valence-electron chi connectivity index (χ4n) is 2.35. The van der Waals surface area contributed by atoms with E-state index in [4.69, 9.17) is 0 Å². The van der Waals surface area contributed by atoms with Crippen LogP contribution in [0.2, 0.25) is 0 Å². The SMILES string of the molecule is C=CCNC(=O)C(=Cc1ccc(C(C)C)cc1)NC(=O)c1ccccc1. The van der Waals surface area contributed by atoms with E-state index in [0.29, 0.717) is 18.0 Å². The number of hydrogen-bond acceptors (Lipinski definition) is 2. The van der Waals surface area contributed by atoms with Crippen LogP contribution in [-0.4, -0.2) is 18.4 Å². The molecule has 0 aromatic heterocycles. The summed E-state index contributed by atoms with van der Waals surface area (Å²) in [5.41, 5.74) is 2.74. The van der Waals surface area contributed by atoms with E-state index in [1.807, 2.05) is 30.3 Å². The topological polar surface area (TPSA) is 58.2 Å². The van der Waals surface area contributed by atoms with E-state index in [-0.39, 0.29) is 17.5 Å². The van der Waals surface area contributed by atoms with Crippen LogP contribution in [0.3, 0.4) is 0 Å². The standard InChI is InChI=1S/C22H24N2O2/c1-4-14-23-22(26)20(24-21(25)19-8-6-5-7-9-19)15-17-10-12-18(13-11-17)16(2)3/h4-13,15-16H,1,14H2,2-3H3,(H,23,26)(H,24,25). The van der Waals surface area contributed by atoms with Crippen molar-refractivity contribution in [1.29, 1.82) is 0 Å². The fraction of sp³-hybridized carbons (Fsp3) is 0.182. The summed E-state index contributed by atoms with van der Waals surface area (Å²) in [6.07, 6.45) is 3.26. The van der Waals surface area contributed by atoms with Gasteiger partial charge in [0.1, 0.15) is 5.70 Å². The van der Waals surface area contributed by atoms with Crippen LogP contribution < -0.4 is 10.6 Å². The molecule has 2 N–H and O–H groups in total. The molecule has 2 aromatic rings. The molecule has 0 atom stereocenters. The van der Waals surface area contributed by atoms with E-state index < -0.39 is 0 Å². The molecule has 0 unspecified atom stereocenters. The molecule has 4 heteroatoms. The van der Waals surface area contributed by atoms with Gasteiger partial charge >= 0.3 is 0 Å². The molecule has 0 radical (unpaired) electrons. The molecular formula is C22H24N2O2. The van der Waals surface area contributed by atoms with Crippen molar-refractivity contribution in [3.8, 4) is 0 Å². The summed E-state index contributed by atoms with van der Waals surface area (Å²) in [5, 5.41) is 5.40. The quantitative estimate of drug-likeness (QED) is 0.589. The zero-order chi connectivity index (χ0) is 18.9. The van der Waals surface area contributed by atoms with Gasteiger partial charge in [0, 0.05) is 12.1 Å². The number of carbonyl (C=O) groups excluding carboxylic acids is 2. The molecule has 0 aliphatic rings. The van der Waals surface area contributed by atoms with Gasteiger partial charge in [-0.2, -0.15) is 0 Å². The molecule has 0 saturated carbocycles. The smallest absolute Gasteiger partial charge is 0.268 e. The van der Waals surface area contributed by atoms with Crippen LogP contribution in [0.4, 0.5) is 0 Å².